The Bertz CT molecular complexity index is 668. The molecule has 1 N–H and O–H groups in total. The summed E-state index contributed by atoms with van der Waals surface area (Å²) in [7, 11) is 0. The van der Waals surface area contributed by atoms with Gasteiger partial charge in [0.1, 0.15) is 10.3 Å². The van der Waals surface area contributed by atoms with Crippen molar-refractivity contribution < 1.29 is 0 Å². The molecule has 0 radical (unpaired) electrons. The minimum absolute atomic E-state index is 0.0441. The van der Waals surface area contributed by atoms with E-state index in [0.717, 1.165) is 15.7 Å². The van der Waals surface area contributed by atoms with Gasteiger partial charge in [-0.25, -0.2) is 4.98 Å². The lowest BCUT2D eigenvalue weighted by molar-refractivity contribution is 1.35. The number of nitrogens with zero attached hydrogens (tertiary/aromatic N) is 1. The smallest absolute Gasteiger partial charge is 0.257 e. The van der Waals surface area contributed by atoms with Gasteiger partial charge in [-0.2, -0.15) is 0 Å². The van der Waals surface area contributed by atoms with E-state index in [1.165, 1.54) is 11.3 Å². The first-order valence-corrected chi connectivity index (χ1v) is 5.08. The predicted molar refractivity (Wildman–Crippen MR) is 57.7 cm³/mol. The Morgan fingerprint density at radius 1 is 1.21 bits per heavy atom. The van der Waals surface area contributed by atoms with Gasteiger partial charge >= 0.3 is 0 Å². The van der Waals surface area contributed by atoms with Crippen LogP contribution < -0.4 is 5.56 Å². The zero-order valence-corrected chi connectivity index (χ0v) is 7.97. The summed E-state index contributed by atoms with van der Waals surface area (Å²) in [5.74, 6) is 0. The van der Waals surface area contributed by atoms with E-state index < -0.39 is 0 Å². The van der Waals surface area contributed by atoms with Crippen LogP contribution in [0.3, 0.4) is 0 Å². The van der Waals surface area contributed by atoms with E-state index >= 15 is 0 Å². The molecular formula is C10H6N2OS. The van der Waals surface area contributed by atoms with Gasteiger partial charge in [0.05, 0.1) is 5.51 Å². The van der Waals surface area contributed by atoms with E-state index in [2.05, 4.69) is 9.97 Å². The standard InChI is InChI=1S/C10H6N2OS/c13-9-7-4-2-1-3-6(7)8-10(12-9)14-5-11-8/h1-5H,(H,12,13). The van der Waals surface area contributed by atoms with Crippen molar-refractivity contribution >= 4 is 32.5 Å². The summed E-state index contributed by atoms with van der Waals surface area (Å²) < 4.78 is 0. The average molecular weight is 202 g/mol. The van der Waals surface area contributed by atoms with Gasteiger partial charge in [-0.1, -0.05) is 18.2 Å². The number of nitrogens with one attached hydrogen (secondary N) is 1. The number of H-pyrrole nitrogens is 1. The highest BCUT2D eigenvalue weighted by molar-refractivity contribution is 7.16. The summed E-state index contributed by atoms with van der Waals surface area (Å²) >= 11 is 1.45. The predicted octanol–water partition coefficient (Wildman–Crippen LogP) is 2.14. The average Bonchev–Trinajstić information content (AvgIpc) is 2.66. The zero-order chi connectivity index (χ0) is 9.54. The van der Waals surface area contributed by atoms with Crippen molar-refractivity contribution in [3.8, 4) is 0 Å². The van der Waals surface area contributed by atoms with Crippen molar-refractivity contribution in [1.82, 2.24) is 9.97 Å². The third-order valence-electron chi connectivity index (χ3n) is 2.22. The van der Waals surface area contributed by atoms with Crippen molar-refractivity contribution in [2.45, 2.75) is 0 Å². The van der Waals surface area contributed by atoms with Crippen LogP contribution in [0.1, 0.15) is 0 Å². The first kappa shape index (κ1) is 7.70. The number of fused-ring (bicyclic) bond motifs is 3. The van der Waals surface area contributed by atoms with E-state index in [-0.39, 0.29) is 5.56 Å². The Kier molecular flexibility index (Phi) is 1.46. The fraction of sp³-hybridized carbons (Fsp3) is 0. The number of aromatic nitrogens is 2. The Labute approximate surface area is 83.0 Å². The van der Waals surface area contributed by atoms with Crippen molar-refractivity contribution in [3.63, 3.8) is 0 Å². The topological polar surface area (TPSA) is 45.8 Å². The fourth-order valence-electron chi connectivity index (χ4n) is 1.58. The van der Waals surface area contributed by atoms with E-state index in [4.69, 9.17) is 0 Å². The molecule has 1 aromatic carbocycles. The third-order valence-corrected chi connectivity index (χ3v) is 2.96. The molecule has 3 nitrogen and oxygen atoms in total. The Balaban J connectivity index is 2.74. The molecule has 0 spiro atoms. The van der Waals surface area contributed by atoms with Gasteiger partial charge in [-0.15, -0.1) is 11.3 Å². The van der Waals surface area contributed by atoms with Crippen molar-refractivity contribution in [2.24, 2.45) is 0 Å². The van der Waals surface area contributed by atoms with Crippen LogP contribution in [0.25, 0.3) is 21.1 Å². The highest BCUT2D eigenvalue weighted by Gasteiger charge is 2.05. The molecule has 14 heavy (non-hydrogen) atoms. The monoisotopic (exact) mass is 202 g/mol. The van der Waals surface area contributed by atoms with Crippen LogP contribution in [-0.2, 0) is 0 Å². The molecule has 3 aromatic rings. The normalized spacial score (nSPS) is 11.1. The number of thiazole rings is 1. The summed E-state index contributed by atoms with van der Waals surface area (Å²) in [6.07, 6.45) is 0. The van der Waals surface area contributed by atoms with E-state index in [9.17, 15) is 4.79 Å². The van der Waals surface area contributed by atoms with Crippen LogP contribution >= 0.6 is 11.3 Å². The molecule has 68 valence electrons. The van der Waals surface area contributed by atoms with Gasteiger partial charge < -0.3 is 4.98 Å². The van der Waals surface area contributed by atoms with Crippen molar-refractivity contribution in [3.05, 3.63) is 40.1 Å². The minimum atomic E-state index is -0.0441. The van der Waals surface area contributed by atoms with Crippen LogP contribution in [0, 0.1) is 0 Å². The van der Waals surface area contributed by atoms with Crippen LogP contribution in [0.5, 0.6) is 0 Å². The molecule has 0 amide bonds. The lowest BCUT2D eigenvalue weighted by atomic mass is 10.1. The largest absolute Gasteiger partial charge is 0.312 e. The molecule has 0 aliphatic carbocycles. The third kappa shape index (κ3) is 0.914. The molecule has 2 heterocycles. The number of pyridine rings is 1. The molecule has 0 aliphatic rings. The van der Waals surface area contributed by atoms with Crippen molar-refractivity contribution in [1.29, 1.82) is 0 Å². The van der Waals surface area contributed by atoms with Gasteiger partial charge in [0.25, 0.3) is 5.56 Å². The maximum atomic E-state index is 11.6. The van der Waals surface area contributed by atoms with Crippen LogP contribution in [0.2, 0.25) is 0 Å². The second kappa shape index (κ2) is 2.65. The molecule has 2 aromatic heterocycles. The molecule has 3 rings (SSSR count). The minimum Gasteiger partial charge on any atom is -0.312 e. The first-order valence-electron chi connectivity index (χ1n) is 4.20. The quantitative estimate of drug-likeness (QED) is 0.607. The molecule has 0 fully saturated rings. The molecule has 0 unspecified atom stereocenters. The number of hydrogen-bond donors (Lipinski definition) is 1. The van der Waals surface area contributed by atoms with Gasteiger partial charge in [-0.05, 0) is 6.07 Å². The van der Waals surface area contributed by atoms with E-state index in [1.54, 1.807) is 5.51 Å². The molecule has 4 heteroatoms. The molecule has 0 aliphatic heterocycles. The number of aromatic amines is 1. The molecule has 0 saturated heterocycles. The Hall–Kier alpha value is -1.68. The van der Waals surface area contributed by atoms with Gasteiger partial charge in [0.2, 0.25) is 0 Å². The lowest BCUT2D eigenvalue weighted by Gasteiger charge is -1.96. The van der Waals surface area contributed by atoms with E-state index in [0.29, 0.717) is 5.39 Å². The molecule has 0 atom stereocenters. The maximum Gasteiger partial charge on any atom is 0.257 e. The molecule has 0 saturated carbocycles. The first-order chi connectivity index (χ1) is 6.86. The summed E-state index contributed by atoms with van der Waals surface area (Å²) in [5, 5.41) is 1.62. The van der Waals surface area contributed by atoms with Crippen LogP contribution in [-0.4, -0.2) is 9.97 Å². The maximum absolute atomic E-state index is 11.6. The van der Waals surface area contributed by atoms with Crippen molar-refractivity contribution in [2.75, 3.05) is 0 Å². The highest BCUT2D eigenvalue weighted by atomic mass is 32.1. The van der Waals surface area contributed by atoms with Gasteiger partial charge in [0, 0.05) is 10.8 Å². The Morgan fingerprint density at radius 3 is 2.86 bits per heavy atom. The number of rotatable bonds is 0. The van der Waals surface area contributed by atoms with Crippen LogP contribution in [0.15, 0.2) is 34.6 Å². The van der Waals surface area contributed by atoms with Crippen LogP contribution in [0.4, 0.5) is 0 Å². The summed E-state index contributed by atoms with van der Waals surface area (Å²) in [5.41, 5.74) is 2.58. The summed E-state index contributed by atoms with van der Waals surface area (Å²) in [6, 6.07) is 7.51. The second-order valence-electron chi connectivity index (χ2n) is 3.03. The zero-order valence-electron chi connectivity index (χ0n) is 7.15. The lowest BCUT2D eigenvalue weighted by Crippen LogP contribution is -2.04. The van der Waals surface area contributed by atoms with E-state index in [1.807, 2.05) is 24.3 Å². The number of benzene rings is 1. The SMILES string of the molecule is O=c1[nH]c2scnc2c2ccccc12. The Morgan fingerprint density at radius 2 is 2.00 bits per heavy atom. The summed E-state index contributed by atoms with van der Waals surface area (Å²) in [6.45, 7) is 0. The highest BCUT2D eigenvalue weighted by Crippen LogP contribution is 2.21. The number of hydrogen-bond acceptors (Lipinski definition) is 3. The van der Waals surface area contributed by atoms with Gasteiger partial charge in [0.15, 0.2) is 0 Å². The molecular weight excluding hydrogens is 196 g/mol. The summed E-state index contributed by atoms with van der Waals surface area (Å²) in [4.78, 5) is 19.5. The molecule has 0 bridgehead atoms. The van der Waals surface area contributed by atoms with Gasteiger partial charge in [-0.3, -0.25) is 4.79 Å². The fourth-order valence-corrected chi connectivity index (χ4v) is 2.27. The second-order valence-corrected chi connectivity index (χ2v) is 3.88.